The fourth-order valence-electron chi connectivity index (χ4n) is 3.45. The van der Waals surface area contributed by atoms with E-state index in [1.165, 1.54) is 18.2 Å². The van der Waals surface area contributed by atoms with E-state index < -0.39 is 11.9 Å². The van der Waals surface area contributed by atoms with Gasteiger partial charge in [0.2, 0.25) is 5.91 Å². The van der Waals surface area contributed by atoms with E-state index in [0.717, 1.165) is 42.9 Å². The molecule has 0 aliphatic heterocycles. The first kappa shape index (κ1) is 21.0. The SMILES string of the molecule is COc1cccc(NCc2nnc(SCC(=O)NC(N)=O)n2C2CCCCC2)c1. The van der Waals surface area contributed by atoms with Crippen LogP contribution in [0.5, 0.6) is 5.75 Å². The molecule has 10 heteroatoms. The van der Waals surface area contributed by atoms with Gasteiger partial charge in [-0.25, -0.2) is 4.79 Å². The Kier molecular flexibility index (Phi) is 7.34. The number of amides is 3. The zero-order valence-corrected chi connectivity index (χ0v) is 17.2. The van der Waals surface area contributed by atoms with Crippen molar-refractivity contribution >= 4 is 29.4 Å². The second-order valence-electron chi connectivity index (χ2n) is 6.85. The number of anilines is 1. The van der Waals surface area contributed by atoms with Crippen LogP contribution in [0.25, 0.3) is 0 Å². The van der Waals surface area contributed by atoms with Crippen molar-refractivity contribution in [2.75, 3.05) is 18.2 Å². The van der Waals surface area contributed by atoms with Gasteiger partial charge in [0.05, 0.1) is 19.4 Å². The number of benzene rings is 1. The molecule has 0 spiro atoms. The van der Waals surface area contributed by atoms with Crippen molar-refractivity contribution in [1.82, 2.24) is 20.1 Å². The second-order valence-corrected chi connectivity index (χ2v) is 7.79. The van der Waals surface area contributed by atoms with Gasteiger partial charge >= 0.3 is 6.03 Å². The quantitative estimate of drug-likeness (QED) is 0.563. The molecule has 1 heterocycles. The molecule has 1 saturated carbocycles. The lowest BCUT2D eigenvalue weighted by Gasteiger charge is -2.25. The fraction of sp³-hybridized carbons (Fsp3) is 0.474. The van der Waals surface area contributed by atoms with Crippen LogP contribution >= 0.6 is 11.8 Å². The number of carbonyl (C=O) groups excluding carboxylic acids is 2. The molecule has 1 aliphatic rings. The summed E-state index contributed by atoms with van der Waals surface area (Å²) in [6, 6.07) is 7.15. The Hall–Kier alpha value is -2.75. The van der Waals surface area contributed by atoms with Crippen molar-refractivity contribution in [2.45, 2.75) is 49.8 Å². The van der Waals surface area contributed by atoms with Gasteiger partial charge in [-0.05, 0) is 25.0 Å². The van der Waals surface area contributed by atoms with Gasteiger partial charge in [0.1, 0.15) is 5.75 Å². The van der Waals surface area contributed by atoms with E-state index in [0.29, 0.717) is 17.7 Å². The Balaban J connectivity index is 1.74. The summed E-state index contributed by atoms with van der Waals surface area (Å²) < 4.78 is 7.40. The van der Waals surface area contributed by atoms with Crippen molar-refractivity contribution < 1.29 is 14.3 Å². The number of carbonyl (C=O) groups is 2. The minimum atomic E-state index is -0.854. The highest BCUT2D eigenvalue weighted by Gasteiger charge is 2.23. The maximum absolute atomic E-state index is 11.8. The average Bonchev–Trinajstić information content (AvgIpc) is 3.14. The number of thioether (sulfide) groups is 1. The summed E-state index contributed by atoms with van der Waals surface area (Å²) in [5.41, 5.74) is 5.93. The number of primary amides is 1. The van der Waals surface area contributed by atoms with E-state index in [4.69, 9.17) is 10.5 Å². The lowest BCUT2D eigenvalue weighted by atomic mass is 9.95. The molecule has 9 nitrogen and oxygen atoms in total. The van der Waals surface area contributed by atoms with Crippen LogP contribution in [-0.2, 0) is 11.3 Å². The minimum absolute atomic E-state index is 0.0527. The number of hydrogen-bond donors (Lipinski definition) is 3. The van der Waals surface area contributed by atoms with E-state index in [-0.39, 0.29) is 5.75 Å². The molecule has 1 fully saturated rings. The van der Waals surface area contributed by atoms with E-state index in [1.807, 2.05) is 24.3 Å². The Morgan fingerprint density at radius 2 is 2.07 bits per heavy atom. The zero-order valence-electron chi connectivity index (χ0n) is 16.4. The van der Waals surface area contributed by atoms with E-state index >= 15 is 0 Å². The number of aromatic nitrogens is 3. The number of ether oxygens (including phenoxy) is 1. The van der Waals surface area contributed by atoms with Crippen LogP contribution in [0.1, 0.15) is 44.0 Å². The van der Waals surface area contributed by atoms with Crippen LogP contribution in [0.15, 0.2) is 29.4 Å². The highest BCUT2D eigenvalue weighted by atomic mass is 32.2. The third kappa shape index (κ3) is 5.86. The molecule has 2 aromatic rings. The van der Waals surface area contributed by atoms with Crippen LogP contribution in [0.2, 0.25) is 0 Å². The van der Waals surface area contributed by atoms with Crippen molar-refractivity contribution in [2.24, 2.45) is 5.73 Å². The molecule has 1 aliphatic carbocycles. The highest BCUT2D eigenvalue weighted by molar-refractivity contribution is 7.99. The lowest BCUT2D eigenvalue weighted by molar-refractivity contribution is -0.117. The molecule has 1 aromatic carbocycles. The van der Waals surface area contributed by atoms with Gasteiger partial charge in [0, 0.05) is 17.8 Å². The molecule has 0 unspecified atom stereocenters. The number of urea groups is 1. The first-order valence-electron chi connectivity index (χ1n) is 9.60. The van der Waals surface area contributed by atoms with Gasteiger partial charge in [-0.3, -0.25) is 10.1 Å². The van der Waals surface area contributed by atoms with Crippen molar-refractivity contribution in [3.63, 3.8) is 0 Å². The standard InChI is InChI=1S/C19H26N6O3S/c1-28-15-9-5-6-13(10-15)21-11-16-23-24-19(29-12-17(26)22-18(20)27)25(16)14-7-3-2-4-8-14/h5-6,9-10,14,21H,2-4,7-8,11-12H2,1H3,(H3,20,22,26,27). The molecule has 0 saturated heterocycles. The molecular formula is C19H26N6O3S. The number of nitrogens with two attached hydrogens (primary N) is 1. The summed E-state index contributed by atoms with van der Waals surface area (Å²) >= 11 is 1.26. The molecule has 4 N–H and O–H groups in total. The van der Waals surface area contributed by atoms with Gasteiger partial charge in [0.15, 0.2) is 11.0 Å². The highest BCUT2D eigenvalue weighted by Crippen LogP contribution is 2.33. The fourth-order valence-corrected chi connectivity index (χ4v) is 4.27. The van der Waals surface area contributed by atoms with Gasteiger partial charge < -0.3 is 20.4 Å². The third-order valence-electron chi connectivity index (χ3n) is 4.79. The van der Waals surface area contributed by atoms with Crippen LogP contribution in [0, 0.1) is 0 Å². The summed E-state index contributed by atoms with van der Waals surface area (Å²) in [5.74, 6) is 1.20. The number of nitrogens with one attached hydrogen (secondary N) is 2. The third-order valence-corrected chi connectivity index (χ3v) is 5.73. The van der Waals surface area contributed by atoms with E-state index in [1.54, 1.807) is 7.11 Å². The monoisotopic (exact) mass is 418 g/mol. The summed E-state index contributed by atoms with van der Waals surface area (Å²) in [5, 5.41) is 14.8. The second kappa shape index (κ2) is 10.1. The Labute approximate surface area is 173 Å². The number of nitrogens with zero attached hydrogens (tertiary/aromatic N) is 3. The summed E-state index contributed by atoms with van der Waals surface area (Å²) in [6.45, 7) is 0.505. The molecular weight excluding hydrogens is 392 g/mol. The molecule has 156 valence electrons. The largest absolute Gasteiger partial charge is 0.497 e. The van der Waals surface area contributed by atoms with Crippen LogP contribution in [0.4, 0.5) is 10.5 Å². The molecule has 0 bridgehead atoms. The van der Waals surface area contributed by atoms with Crippen LogP contribution < -0.4 is 21.1 Å². The van der Waals surface area contributed by atoms with Crippen molar-refractivity contribution in [3.8, 4) is 5.75 Å². The number of rotatable bonds is 8. The van der Waals surface area contributed by atoms with Gasteiger partial charge in [-0.2, -0.15) is 0 Å². The zero-order chi connectivity index (χ0) is 20.6. The molecule has 0 radical (unpaired) electrons. The lowest BCUT2D eigenvalue weighted by Crippen LogP contribution is -2.36. The Morgan fingerprint density at radius 1 is 1.28 bits per heavy atom. The molecule has 3 amide bonds. The molecule has 3 rings (SSSR count). The van der Waals surface area contributed by atoms with E-state index in [9.17, 15) is 9.59 Å². The average molecular weight is 419 g/mol. The molecule has 1 aromatic heterocycles. The van der Waals surface area contributed by atoms with Crippen molar-refractivity contribution in [1.29, 1.82) is 0 Å². The molecule has 0 atom stereocenters. The maximum atomic E-state index is 11.8. The van der Waals surface area contributed by atoms with Crippen LogP contribution in [0.3, 0.4) is 0 Å². The number of hydrogen-bond acceptors (Lipinski definition) is 7. The number of imide groups is 1. The number of methoxy groups -OCH3 is 1. The normalized spacial score (nSPS) is 14.4. The molecule has 29 heavy (non-hydrogen) atoms. The predicted molar refractivity (Wildman–Crippen MR) is 111 cm³/mol. The summed E-state index contributed by atoms with van der Waals surface area (Å²) in [6.07, 6.45) is 5.69. The predicted octanol–water partition coefficient (Wildman–Crippen LogP) is 2.69. The van der Waals surface area contributed by atoms with Crippen molar-refractivity contribution in [3.05, 3.63) is 30.1 Å². The van der Waals surface area contributed by atoms with Crippen LogP contribution in [-0.4, -0.2) is 39.6 Å². The minimum Gasteiger partial charge on any atom is -0.497 e. The van der Waals surface area contributed by atoms with Gasteiger partial charge in [-0.15, -0.1) is 10.2 Å². The van der Waals surface area contributed by atoms with Gasteiger partial charge in [0.25, 0.3) is 0 Å². The summed E-state index contributed by atoms with van der Waals surface area (Å²) in [4.78, 5) is 22.6. The first-order valence-corrected chi connectivity index (χ1v) is 10.6. The maximum Gasteiger partial charge on any atom is 0.318 e. The van der Waals surface area contributed by atoms with E-state index in [2.05, 4.69) is 25.4 Å². The Bertz CT molecular complexity index is 850. The Morgan fingerprint density at radius 3 is 2.79 bits per heavy atom. The smallest absolute Gasteiger partial charge is 0.318 e. The first-order chi connectivity index (χ1) is 14.1. The topological polar surface area (TPSA) is 124 Å². The van der Waals surface area contributed by atoms with Gasteiger partial charge in [-0.1, -0.05) is 37.1 Å². The summed E-state index contributed by atoms with van der Waals surface area (Å²) in [7, 11) is 1.64.